The van der Waals surface area contributed by atoms with Crippen molar-refractivity contribution in [1.29, 1.82) is 0 Å². The lowest BCUT2D eigenvalue weighted by atomic mass is 10.0. The van der Waals surface area contributed by atoms with Gasteiger partial charge in [0.2, 0.25) is 0 Å². The molecule has 0 aromatic rings. The van der Waals surface area contributed by atoms with Gasteiger partial charge in [0.25, 0.3) is 0 Å². The zero-order chi connectivity index (χ0) is 49.9. The Balaban J connectivity index is 3.54. The van der Waals surface area contributed by atoms with E-state index in [9.17, 15) is 14.7 Å². The summed E-state index contributed by atoms with van der Waals surface area (Å²) in [5.74, 6) is -0.596. The summed E-state index contributed by atoms with van der Waals surface area (Å²) in [6, 6.07) is 0. The van der Waals surface area contributed by atoms with Gasteiger partial charge in [0.15, 0.2) is 6.10 Å². The number of carbonyl (C=O) groups excluding carboxylic acids is 2. The zero-order valence-electron chi connectivity index (χ0n) is 45.0. The van der Waals surface area contributed by atoms with E-state index in [0.29, 0.717) is 12.8 Å². The van der Waals surface area contributed by atoms with Crippen molar-refractivity contribution >= 4 is 11.9 Å². The first-order valence-corrected chi connectivity index (χ1v) is 28.9. The highest BCUT2D eigenvalue weighted by Crippen LogP contribution is 2.15. The van der Waals surface area contributed by atoms with E-state index in [0.717, 1.165) is 89.9 Å². The molecule has 0 aromatic heterocycles. The third kappa shape index (κ3) is 57.0. The van der Waals surface area contributed by atoms with Gasteiger partial charge < -0.3 is 14.6 Å². The highest BCUT2D eigenvalue weighted by molar-refractivity contribution is 5.70. The van der Waals surface area contributed by atoms with Crippen molar-refractivity contribution in [2.45, 2.75) is 270 Å². The minimum Gasteiger partial charge on any atom is -0.462 e. The average molecular weight is 958 g/mol. The predicted molar refractivity (Wildman–Crippen MR) is 302 cm³/mol. The number of carbonyl (C=O) groups is 2. The number of hydrogen-bond acceptors (Lipinski definition) is 5. The molecule has 0 aliphatic rings. The van der Waals surface area contributed by atoms with Gasteiger partial charge in [0.05, 0.1) is 6.61 Å². The first kappa shape index (κ1) is 65.6. The van der Waals surface area contributed by atoms with Gasteiger partial charge in [-0.05, 0) is 103 Å². The third-order valence-corrected chi connectivity index (χ3v) is 12.3. The number of ether oxygens (including phenoxy) is 2. The molecule has 0 aliphatic heterocycles. The highest BCUT2D eigenvalue weighted by atomic mass is 16.6. The summed E-state index contributed by atoms with van der Waals surface area (Å²) in [5, 5.41) is 9.65. The van der Waals surface area contributed by atoms with Crippen molar-refractivity contribution in [3.8, 4) is 0 Å². The van der Waals surface area contributed by atoms with Gasteiger partial charge in [0, 0.05) is 12.8 Å². The van der Waals surface area contributed by atoms with Crippen LogP contribution in [0.15, 0.2) is 109 Å². The van der Waals surface area contributed by atoms with Crippen LogP contribution < -0.4 is 0 Å². The normalized spacial score (nSPS) is 13.0. The van der Waals surface area contributed by atoms with Crippen LogP contribution in [0, 0.1) is 0 Å². The number of hydrogen-bond donors (Lipinski definition) is 1. The Bertz CT molecular complexity index is 1360. The zero-order valence-corrected chi connectivity index (χ0v) is 45.0. The van der Waals surface area contributed by atoms with E-state index in [1.807, 2.05) is 0 Å². The molecule has 1 atom stereocenters. The maximum atomic E-state index is 12.3. The first-order chi connectivity index (χ1) is 34.1. The quantitative estimate of drug-likeness (QED) is 0.0374. The van der Waals surface area contributed by atoms with Crippen LogP contribution in [-0.4, -0.2) is 36.4 Å². The summed E-state index contributed by atoms with van der Waals surface area (Å²) in [4.78, 5) is 24.5. The van der Waals surface area contributed by atoms with Crippen LogP contribution in [0.3, 0.4) is 0 Å². The molecule has 1 unspecified atom stereocenters. The monoisotopic (exact) mass is 957 g/mol. The van der Waals surface area contributed by atoms with E-state index in [1.165, 1.54) is 148 Å². The Morgan fingerprint density at radius 1 is 0.348 bits per heavy atom. The fourth-order valence-electron chi connectivity index (χ4n) is 7.98. The SMILES string of the molecule is CC/C=C\C/C=C\C/C=C\C/C=C\C/C=C\C/C=C\C/C=C\C/C=C\CCCCCCCCCCCCCCC(=O)OC(CO)COC(=O)CCCCCCCCC/C=C\CCCCCCCCC. The molecule has 0 saturated heterocycles. The molecule has 0 amide bonds. The lowest BCUT2D eigenvalue weighted by Gasteiger charge is -2.15. The van der Waals surface area contributed by atoms with Crippen LogP contribution in [0.2, 0.25) is 0 Å². The van der Waals surface area contributed by atoms with Crippen LogP contribution in [0.25, 0.3) is 0 Å². The Labute approximate surface area is 427 Å². The van der Waals surface area contributed by atoms with Gasteiger partial charge in [-0.1, -0.05) is 258 Å². The minimum atomic E-state index is -0.780. The molecule has 5 heteroatoms. The summed E-state index contributed by atoms with van der Waals surface area (Å²) >= 11 is 0. The Hall–Kier alpha value is -3.44. The standard InChI is InChI=1S/C64H108O5/c1-3-5-7-9-11-13-15-17-19-21-23-24-25-26-27-28-29-30-31-32-33-34-35-36-37-38-39-40-41-43-45-47-49-51-53-55-57-59-64(67)69-62(60-65)61-68-63(66)58-56-54-52-50-48-46-44-42-22-20-18-16-14-12-10-8-6-4-2/h5,7,11,13,17,19-20,22-24,26-27,29-30,32-33,35-36,62,65H,3-4,6,8-10,12,14-16,18,21,25,28,31,34,37-61H2,1-2H3/b7-5-,13-11-,19-17-,22-20-,24-23-,27-26-,30-29-,33-32-,36-35-. The van der Waals surface area contributed by atoms with Gasteiger partial charge in [-0.2, -0.15) is 0 Å². The fourth-order valence-corrected chi connectivity index (χ4v) is 7.98. The van der Waals surface area contributed by atoms with Crippen LogP contribution in [0.4, 0.5) is 0 Å². The third-order valence-electron chi connectivity index (χ3n) is 12.3. The molecular weight excluding hydrogens is 849 g/mol. The largest absolute Gasteiger partial charge is 0.462 e. The molecule has 0 rings (SSSR count). The molecule has 0 heterocycles. The number of unbranched alkanes of at least 4 members (excludes halogenated alkanes) is 26. The number of rotatable bonds is 52. The summed E-state index contributed by atoms with van der Waals surface area (Å²) in [6.07, 6.45) is 84.9. The second-order valence-electron chi connectivity index (χ2n) is 19.0. The molecule has 0 saturated carbocycles. The number of esters is 2. The molecule has 0 aliphatic carbocycles. The first-order valence-electron chi connectivity index (χ1n) is 28.9. The molecule has 0 bridgehead atoms. The Morgan fingerprint density at radius 2 is 0.623 bits per heavy atom. The molecule has 5 nitrogen and oxygen atoms in total. The van der Waals surface area contributed by atoms with Gasteiger partial charge >= 0.3 is 11.9 Å². The van der Waals surface area contributed by atoms with Crippen LogP contribution >= 0.6 is 0 Å². The van der Waals surface area contributed by atoms with Gasteiger partial charge in [-0.25, -0.2) is 0 Å². The van der Waals surface area contributed by atoms with Crippen molar-refractivity contribution in [2.24, 2.45) is 0 Å². The summed E-state index contributed by atoms with van der Waals surface area (Å²) in [7, 11) is 0. The van der Waals surface area contributed by atoms with Crippen LogP contribution in [0.1, 0.15) is 264 Å². The van der Waals surface area contributed by atoms with E-state index >= 15 is 0 Å². The number of aliphatic hydroxyl groups is 1. The number of allylic oxidation sites excluding steroid dienone is 18. The molecule has 0 spiro atoms. The smallest absolute Gasteiger partial charge is 0.306 e. The van der Waals surface area contributed by atoms with Gasteiger partial charge in [0.1, 0.15) is 6.61 Å². The summed E-state index contributed by atoms with van der Waals surface area (Å²) in [5.41, 5.74) is 0. The maximum Gasteiger partial charge on any atom is 0.306 e. The predicted octanol–water partition coefficient (Wildman–Crippen LogP) is 19.7. The van der Waals surface area contributed by atoms with E-state index in [1.54, 1.807) is 0 Å². The minimum absolute atomic E-state index is 0.0718. The average Bonchev–Trinajstić information content (AvgIpc) is 3.35. The topological polar surface area (TPSA) is 72.8 Å². The lowest BCUT2D eigenvalue weighted by Crippen LogP contribution is -2.28. The van der Waals surface area contributed by atoms with Crippen molar-refractivity contribution in [3.05, 3.63) is 109 Å². The van der Waals surface area contributed by atoms with Crippen molar-refractivity contribution < 1.29 is 24.2 Å². The molecule has 69 heavy (non-hydrogen) atoms. The molecular formula is C64H108O5. The lowest BCUT2D eigenvalue weighted by molar-refractivity contribution is -0.161. The fraction of sp³-hybridized carbons (Fsp3) is 0.688. The van der Waals surface area contributed by atoms with E-state index in [2.05, 4.69) is 123 Å². The van der Waals surface area contributed by atoms with Crippen LogP contribution in [0.5, 0.6) is 0 Å². The molecule has 394 valence electrons. The highest BCUT2D eigenvalue weighted by Gasteiger charge is 2.16. The Kier molecular flexibility index (Phi) is 55.9. The van der Waals surface area contributed by atoms with E-state index < -0.39 is 6.10 Å². The van der Waals surface area contributed by atoms with E-state index in [4.69, 9.17) is 9.47 Å². The summed E-state index contributed by atoms with van der Waals surface area (Å²) in [6.45, 7) is 4.03. The van der Waals surface area contributed by atoms with Crippen molar-refractivity contribution in [2.75, 3.05) is 13.2 Å². The second-order valence-corrected chi connectivity index (χ2v) is 19.0. The molecule has 1 N–H and O–H groups in total. The van der Waals surface area contributed by atoms with Gasteiger partial charge in [-0.3, -0.25) is 9.59 Å². The van der Waals surface area contributed by atoms with E-state index in [-0.39, 0.29) is 25.2 Å². The van der Waals surface area contributed by atoms with Crippen molar-refractivity contribution in [1.82, 2.24) is 0 Å². The molecule has 0 fully saturated rings. The van der Waals surface area contributed by atoms with Gasteiger partial charge in [-0.15, -0.1) is 0 Å². The number of aliphatic hydroxyl groups excluding tert-OH is 1. The maximum absolute atomic E-state index is 12.3. The summed E-state index contributed by atoms with van der Waals surface area (Å²) < 4.78 is 10.7. The molecule has 0 aromatic carbocycles. The second kappa shape index (κ2) is 58.9. The van der Waals surface area contributed by atoms with Crippen LogP contribution in [-0.2, 0) is 19.1 Å². The van der Waals surface area contributed by atoms with Crippen molar-refractivity contribution in [3.63, 3.8) is 0 Å². The Morgan fingerprint density at radius 3 is 0.957 bits per heavy atom. The molecule has 0 radical (unpaired) electrons.